The summed E-state index contributed by atoms with van der Waals surface area (Å²) in [6.45, 7) is 1.32. The first-order valence-corrected chi connectivity index (χ1v) is 24.7. The van der Waals surface area contributed by atoms with Crippen molar-refractivity contribution in [1.29, 1.82) is 0 Å². The van der Waals surface area contributed by atoms with Crippen LogP contribution in [0.3, 0.4) is 0 Å². The second-order valence-electron chi connectivity index (χ2n) is 17.6. The summed E-state index contributed by atoms with van der Waals surface area (Å²) in [6.07, 6.45) is -4.16. The standard InChI is InChI=1S/C58H61FN4O13/c1-2-3-28-72-57(70)62-49(33-47(64)34-60-56(69)75-37-41-20-12-6-13-21-41)53(65)61-51(55(68)74-36-40-18-10-5-11-19-40)31-45-29-43(24-26-48(45)59)44-25-27-52(73-35-39-16-8-4-9-17-39)46(30-44)32-50(54(66)67)63-58(71)76-38-42-22-14-7-15-23-42/h4-27,29-30,47,49-51,64H,2-3,28,31-38H2,1H3,(H,60,69)(H,61,65)(H,62,70)(H,63,71)(H,66,67)/t47-,49+,50+,51+/m1/s1. The maximum Gasteiger partial charge on any atom is 0.408 e. The molecule has 0 heterocycles. The minimum atomic E-state index is -1.57. The summed E-state index contributed by atoms with van der Waals surface area (Å²) in [7, 11) is 0. The Morgan fingerprint density at radius 2 is 1.03 bits per heavy atom. The van der Waals surface area contributed by atoms with Crippen molar-refractivity contribution < 1.29 is 67.1 Å². The molecular formula is C58H61FN4O13. The van der Waals surface area contributed by atoms with Crippen LogP contribution in [0.1, 0.15) is 59.6 Å². The minimum Gasteiger partial charge on any atom is -0.489 e. The monoisotopic (exact) mass is 1040 g/mol. The number of ether oxygens (including phenoxy) is 5. The number of carboxylic acids is 1. The molecule has 0 aliphatic heterocycles. The zero-order valence-corrected chi connectivity index (χ0v) is 41.9. The van der Waals surface area contributed by atoms with Gasteiger partial charge in [-0.2, -0.15) is 0 Å². The summed E-state index contributed by atoms with van der Waals surface area (Å²) in [4.78, 5) is 79.2. The number of esters is 1. The van der Waals surface area contributed by atoms with Crippen LogP contribution in [-0.4, -0.2) is 83.7 Å². The number of halogens is 1. The number of hydrogen-bond donors (Lipinski definition) is 6. The number of carbonyl (C=O) groups excluding carboxylic acids is 5. The Hall–Kier alpha value is -8.77. The van der Waals surface area contributed by atoms with E-state index in [0.29, 0.717) is 46.4 Å². The van der Waals surface area contributed by atoms with E-state index < -0.39 is 79.0 Å². The van der Waals surface area contributed by atoms with E-state index in [2.05, 4.69) is 21.3 Å². The minimum absolute atomic E-state index is 0.0316. The van der Waals surface area contributed by atoms with Crippen LogP contribution in [0.15, 0.2) is 158 Å². The highest BCUT2D eigenvalue weighted by Crippen LogP contribution is 2.30. The lowest BCUT2D eigenvalue weighted by atomic mass is 9.95. The molecule has 0 aliphatic rings. The van der Waals surface area contributed by atoms with E-state index >= 15 is 4.39 Å². The maximum atomic E-state index is 16.1. The average molecular weight is 1040 g/mol. The zero-order chi connectivity index (χ0) is 54.1. The van der Waals surface area contributed by atoms with E-state index in [0.717, 1.165) is 11.1 Å². The summed E-state index contributed by atoms with van der Waals surface area (Å²) in [5.74, 6) is -3.70. The first-order valence-electron chi connectivity index (χ1n) is 24.7. The molecule has 6 aromatic rings. The van der Waals surface area contributed by atoms with E-state index in [9.17, 15) is 39.0 Å². The Kier molecular flexibility index (Phi) is 22.2. The zero-order valence-electron chi connectivity index (χ0n) is 41.9. The second-order valence-corrected chi connectivity index (χ2v) is 17.6. The van der Waals surface area contributed by atoms with Gasteiger partial charge in [-0.15, -0.1) is 0 Å². The second kappa shape index (κ2) is 29.8. The van der Waals surface area contributed by atoms with Crippen molar-refractivity contribution in [3.63, 3.8) is 0 Å². The SMILES string of the molecule is CCCCOC(=O)N[C@@H](C[C@@H](O)CNC(=O)OCc1ccccc1)C(=O)N[C@@H](Cc1cc(-c2ccc(OCc3ccccc3)c(C[C@H](NC(=O)OCc3ccccc3)C(=O)O)c2)ccc1F)C(=O)OCc1ccccc1. The molecule has 0 radical (unpaired) electrons. The largest absolute Gasteiger partial charge is 0.489 e. The van der Waals surface area contributed by atoms with Crippen LogP contribution in [0.4, 0.5) is 18.8 Å². The Labute approximate surface area is 439 Å². The van der Waals surface area contributed by atoms with Gasteiger partial charge >= 0.3 is 30.2 Å². The number of alkyl carbamates (subject to hydrolysis) is 3. The van der Waals surface area contributed by atoms with Crippen molar-refractivity contribution in [1.82, 2.24) is 21.3 Å². The Morgan fingerprint density at radius 3 is 1.59 bits per heavy atom. The van der Waals surface area contributed by atoms with E-state index in [4.69, 9.17) is 23.7 Å². The lowest BCUT2D eigenvalue weighted by Crippen LogP contribution is -2.54. The molecule has 0 bridgehead atoms. The van der Waals surface area contributed by atoms with Crippen LogP contribution in [0.2, 0.25) is 0 Å². The van der Waals surface area contributed by atoms with Crippen LogP contribution in [0.25, 0.3) is 11.1 Å². The molecule has 6 N–H and O–H groups in total. The summed E-state index contributed by atoms with van der Waals surface area (Å²) in [5, 5.41) is 31.2. The van der Waals surface area contributed by atoms with E-state index in [-0.39, 0.29) is 51.6 Å². The fourth-order valence-electron chi connectivity index (χ4n) is 7.60. The third-order valence-electron chi connectivity index (χ3n) is 11.7. The summed E-state index contributed by atoms with van der Waals surface area (Å²) in [5.41, 5.74) is 4.11. The number of aliphatic hydroxyl groups excluding tert-OH is 1. The molecule has 0 saturated heterocycles. The van der Waals surface area contributed by atoms with Gasteiger partial charge in [0, 0.05) is 25.8 Å². The third-order valence-corrected chi connectivity index (χ3v) is 11.7. The molecule has 0 saturated carbocycles. The molecule has 0 aliphatic carbocycles. The molecule has 0 spiro atoms. The van der Waals surface area contributed by atoms with Crippen LogP contribution < -0.4 is 26.0 Å². The van der Waals surface area contributed by atoms with Crippen LogP contribution in [-0.2, 0) is 72.6 Å². The smallest absolute Gasteiger partial charge is 0.408 e. The Balaban J connectivity index is 1.24. The highest BCUT2D eigenvalue weighted by Gasteiger charge is 2.31. The van der Waals surface area contributed by atoms with Crippen molar-refractivity contribution in [3.05, 3.63) is 197 Å². The number of aliphatic carboxylic acids is 1. The van der Waals surface area contributed by atoms with Crippen LogP contribution >= 0.6 is 0 Å². The summed E-state index contributed by atoms with van der Waals surface area (Å²) in [6, 6.07) is 40.3. The number of benzene rings is 6. The van der Waals surface area contributed by atoms with Crippen LogP contribution in [0.5, 0.6) is 5.75 Å². The maximum absolute atomic E-state index is 16.1. The number of carbonyl (C=O) groups is 6. The Morgan fingerprint density at radius 1 is 0.539 bits per heavy atom. The number of aliphatic hydroxyl groups is 1. The first-order chi connectivity index (χ1) is 36.8. The predicted molar refractivity (Wildman–Crippen MR) is 278 cm³/mol. The molecule has 18 heteroatoms. The topological polar surface area (TPSA) is 237 Å². The fraction of sp³-hybridized carbons (Fsp3) is 0.276. The number of rotatable bonds is 27. The summed E-state index contributed by atoms with van der Waals surface area (Å²) >= 11 is 0. The van der Waals surface area contributed by atoms with Gasteiger partial charge in [-0.25, -0.2) is 28.4 Å². The average Bonchev–Trinajstić information content (AvgIpc) is 3.43. The molecular weight excluding hydrogens is 980 g/mol. The molecule has 0 fully saturated rings. The van der Waals surface area contributed by atoms with Gasteiger partial charge in [0.15, 0.2) is 0 Å². The highest BCUT2D eigenvalue weighted by molar-refractivity contribution is 5.90. The lowest BCUT2D eigenvalue weighted by molar-refractivity contribution is -0.149. The molecule has 4 amide bonds. The van der Waals surface area contributed by atoms with Gasteiger partial charge < -0.3 is 55.2 Å². The molecule has 398 valence electrons. The van der Waals surface area contributed by atoms with Gasteiger partial charge in [-0.05, 0) is 75.2 Å². The van der Waals surface area contributed by atoms with Gasteiger partial charge in [-0.3, -0.25) is 4.79 Å². The molecule has 17 nitrogen and oxygen atoms in total. The number of carboxylic acid groups (broad SMARTS) is 1. The predicted octanol–water partition coefficient (Wildman–Crippen LogP) is 8.34. The first kappa shape index (κ1) is 56.5. The number of nitrogens with one attached hydrogen (secondary N) is 4. The Bertz CT molecular complexity index is 2830. The molecule has 6 aromatic carbocycles. The molecule has 0 aromatic heterocycles. The van der Waals surface area contributed by atoms with Crippen molar-refractivity contribution in [2.45, 2.75) is 89.7 Å². The van der Waals surface area contributed by atoms with Crippen molar-refractivity contribution >= 4 is 36.1 Å². The van der Waals surface area contributed by atoms with E-state index in [1.54, 1.807) is 97.1 Å². The van der Waals surface area contributed by atoms with Crippen molar-refractivity contribution in [2.24, 2.45) is 0 Å². The molecule has 4 atom stereocenters. The number of amides is 4. The van der Waals surface area contributed by atoms with Crippen molar-refractivity contribution in [3.8, 4) is 16.9 Å². The fourth-order valence-corrected chi connectivity index (χ4v) is 7.60. The van der Waals surface area contributed by atoms with Gasteiger partial charge in [0.2, 0.25) is 5.91 Å². The number of unbranched alkanes of at least 4 members (excludes halogenated alkanes) is 1. The normalized spacial score (nSPS) is 12.4. The quantitative estimate of drug-likeness (QED) is 0.0162. The molecule has 6 rings (SSSR count). The summed E-state index contributed by atoms with van der Waals surface area (Å²) < 4.78 is 43.7. The van der Waals surface area contributed by atoms with E-state index in [1.807, 2.05) is 49.4 Å². The van der Waals surface area contributed by atoms with Crippen LogP contribution in [0, 0.1) is 5.82 Å². The molecule has 76 heavy (non-hydrogen) atoms. The van der Waals surface area contributed by atoms with Gasteiger partial charge in [0.25, 0.3) is 0 Å². The highest BCUT2D eigenvalue weighted by atomic mass is 19.1. The number of hydrogen-bond acceptors (Lipinski definition) is 12. The van der Waals surface area contributed by atoms with Gasteiger partial charge in [0.1, 0.15) is 56.1 Å². The third kappa shape index (κ3) is 18.9. The van der Waals surface area contributed by atoms with Gasteiger partial charge in [-0.1, -0.05) is 147 Å². The van der Waals surface area contributed by atoms with E-state index in [1.165, 1.54) is 18.2 Å². The molecule has 0 unspecified atom stereocenters. The lowest BCUT2D eigenvalue weighted by Gasteiger charge is -2.24. The van der Waals surface area contributed by atoms with Crippen molar-refractivity contribution in [2.75, 3.05) is 13.2 Å². The van der Waals surface area contributed by atoms with Gasteiger partial charge in [0.05, 0.1) is 12.7 Å².